The zero-order valence-electron chi connectivity index (χ0n) is 4.20. The highest BCUT2D eigenvalue weighted by Gasteiger charge is 2.15. The van der Waals surface area contributed by atoms with Gasteiger partial charge in [-0.25, -0.2) is 5.73 Å². The van der Waals surface area contributed by atoms with Gasteiger partial charge in [-0.05, 0) is 12.8 Å². The van der Waals surface area contributed by atoms with Gasteiger partial charge in [-0.15, -0.1) is 0 Å². The van der Waals surface area contributed by atoms with Crippen LogP contribution in [0.5, 0.6) is 0 Å². The van der Waals surface area contributed by atoms with Crippen molar-refractivity contribution >= 4 is 0 Å². The summed E-state index contributed by atoms with van der Waals surface area (Å²) in [5.41, 5.74) is 6.51. The molecule has 0 aromatic carbocycles. The topological polar surface area (TPSA) is 35.8 Å². The van der Waals surface area contributed by atoms with Gasteiger partial charge in [0.15, 0.2) is 6.67 Å². The Morgan fingerprint density at radius 2 is 2.29 bits per heavy atom. The van der Waals surface area contributed by atoms with E-state index in [1.165, 1.54) is 19.3 Å². The number of hydrogen-bond acceptors (Lipinski definition) is 1. The molecule has 0 atom stereocenters. The van der Waals surface area contributed by atoms with Crippen molar-refractivity contribution in [3.8, 4) is 0 Å². The van der Waals surface area contributed by atoms with Gasteiger partial charge in [0.1, 0.15) is 0 Å². The molecular formula is C5H9N2. The molecular weight excluding hydrogens is 88.1 g/mol. The minimum Gasteiger partial charge on any atom is -0.290 e. The first-order chi connectivity index (χ1) is 3.43. The Kier molecular flexibility index (Phi) is 1.65. The third-order valence-electron chi connectivity index (χ3n) is 1.38. The fraction of sp³-hybridized carbons (Fsp3) is 0.800. The van der Waals surface area contributed by atoms with Crippen molar-refractivity contribution in [1.29, 1.82) is 0 Å². The average Bonchev–Trinajstić information content (AvgIpc) is 1.55. The second kappa shape index (κ2) is 2.28. The third kappa shape index (κ3) is 1.14. The summed E-state index contributed by atoms with van der Waals surface area (Å²) in [6, 6.07) is 0.581. The van der Waals surface area contributed by atoms with E-state index in [0.717, 1.165) is 0 Å². The van der Waals surface area contributed by atoms with Gasteiger partial charge in [0.25, 0.3) is 0 Å². The molecule has 2 nitrogen and oxygen atoms in total. The molecule has 3 radical (unpaired) electrons. The SMILES string of the molecule is [NH][C]NC1CCC1. The molecule has 0 aromatic heterocycles. The van der Waals surface area contributed by atoms with Crippen molar-refractivity contribution < 1.29 is 0 Å². The molecule has 0 aromatic rings. The van der Waals surface area contributed by atoms with Crippen LogP contribution in [0.25, 0.3) is 0 Å². The summed E-state index contributed by atoms with van der Waals surface area (Å²) in [6.45, 7) is 2.17. The van der Waals surface area contributed by atoms with Crippen LogP contribution < -0.4 is 11.1 Å². The maximum atomic E-state index is 6.51. The van der Waals surface area contributed by atoms with E-state index in [1.807, 2.05) is 0 Å². The molecule has 7 heavy (non-hydrogen) atoms. The minimum atomic E-state index is 0.581. The Morgan fingerprint density at radius 3 is 2.43 bits per heavy atom. The maximum absolute atomic E-state index is 6.51. The summed E-state index contributed by atoms with van der Waals surface area (Å²) in [5.74, 6) is 0. The number of nitrogens with one attached hydrogen (secondary N) is 2. The first kappa shape index (κ1) is 5.06. The molecule has 1 fully saturated rings. The van der Waals surface area contributed by atoms with E-state index in [0.29, 0.717) is 6.04 Å². The fourth-order valence-electron chi connectivity index (χ4n) is 0.655. The fourth-order valence-corrected chi connectivity index (χ4v) is 0.655. The van der Waals surface area contributed by atoms with Crippen LogP contribution >= 0.6 is 0 Å². The zero-order chi connectivity index (χ0) is 5.11. The summed E-state index contributed by atoms with van der Waals surface area (Å²) in [4.78, 5) is 0. The van der Waals surface area contributed by atoms with E-state index >= 15 is 0 Å². The molecule has 1 aliphatic rings. The molecule has 1 aliphatic carbocycles. The largest absolute Gasteiger partial charge is 0.290 e. The standard InChI is InChI=1S/C5H9N2/c6-4-7-5-2-1-3-5/h5-7H,1-3H2. The van der Waals surface area contributed by atoms with Crippen molar-refractivity contribution in [2.45, 2.75) is 25.3 Å². The van der Waals surface area contributed by atoms with Crippen molar-refractivity contribution in [2.24, 2.45) is 0 Å². The van der Waals surface area contributed by atoms with E-state index in [1.54, 1.807) is 0 Å². The molecule has 2 heteroatoms. The van der Waals surface area contributed by atoms with E-state index in [4.69, 9.17) is 5.73 Å². The monoisotopic (exact) mass is 97.1 g/mol. The van der Waals surface area contributed by atoms with Gasteiger partial charge < -0.3 is 0 Å². The van der Waals surface area contributed by atoms with E-state index in [9.17, 15) is 0 Å². The van der Waals surface area contributed by atoms with Crippen LogP contribution in [0.15, 0.2) is 0 Å². The molecule has 0 aliphatic heterocycles. The number of hydrogen-bond donors (Lipinski definition) is 1. The summed E-state index contributed by atoms with van der Waals surface area (Å²) < 4.78 is 0. The van der Waals surface area contributed by atoms with Gasteiger partial charge in [0.05, 0.1) is 0 Å². The first-order valence-electron chi connectivity index (χ1n) is 2.61. The predicted octanol–water partition coefficient (Wildman–Crippen LogP) is 0.408. The van der Waals surface area contributed by atoms with E-state index in [2.05, 4.69) is 12.0 Å². The molecule has 0 heterocycles. The van der Waals surface area contributed by atoms with Crippen LogP contribution in [0.4, 0.5) is 0 Å². The second-order valence-electron chi connectivity index (χ2n) is 1.90. The average molecular weight is 97.1 g/mol. The second-order valence-corrected chi connectivity index (χ2v) is 1.90. The Balaban J connectivity index is 1.93. The summed E-state index contributed by atoms with van der Waals surface area (Å²) in [5, 5.41) is 2.80. The lowest BCUT2D eigenvalue weighted by Crippen LogP contribution is -2.33. The maximum Gasteiger partial charge on any atom is 0.155 e. The highest BCUT2D eigenvalue weighted by molar-refractivity contribution is 4.77. The summed E-state index contributed by atoms with van der Waals surface area (Å²) in [6.07, 6.45) is 3.77. The zero-order valence-corrected chi connectivity index (χ0v) is 4.20. The van der Waals surface area contributed by atoms with Gasteiger partial charge in [0, 0.05) is 6.04 Å². The molecule has 0 amide bonds. The van der Waals surface area contributed by atoms with Crippen LogP contribution in [-0.2, 0) is 0 Å². The van der Waals surface area contributed by atoms with Gasteiger partial charge in [-0.2, -0.15) is 0 Å². The van der Waals surface area contributed by atoms with Gasteiger partial charge in [0.2, 0.25) is 0 Å². The van der Waals surface area contributed by atoms with Crippen molar-refractivity contribution in [3.05, 3.63) is 6.67 Å². The Bertz CT molecular complexity index is 50.0. The molecule has 0 saturated heterocycles. The van der Waals surface area contributed by atoms with Crippen LogP contribution in [0.1, 0.15) is 19.3 Å². The summed E-state index contributed by atoms with van der Waals surface area (Å²) >= 11 is 0. The molecule has 1 saturated carbocycles. The molecule has 39 valence electrons. The van der Waals surface area contributed by atoms with Crippen LogP contribution in [0.3, 0.4) is 0 Å². The van der Waals surface area contributed by atoms with E-state index in [-0.39, 0.29) is 0 Å². The highest BCUT2D eigenvalue weighted by Crippen LogP contribution is 2.17. The Labute approximate surface area is 44.1 Å². The third-order valence-corrected chi connectivity index (χ3v) is 1.38. The van der Waals surface area contributed by atoms with Crippen LogP contribution in [0.2, 0.25) is 0 Å². The minimum absolute atomic E-state index is 0.581. The van der Waals surface area contributed by atoms with Crippen LogP contribution in [0, 0.1) is 6.67 Å². The van der Waals surface area contributed by atoms with Crippen molar-refractivity contribution in [1.82, 2.24) is 11.1 Å². The van der Waals surface area contributed by atoms with Crippen molar-refractivity contribution in [3.63, 3.8) is 0 Å². The first-order valence-corrected chi connectivity index (χ1v) is 2.61. The predicted molar refractivity (Wildman–Crippen MR) is 27.1 cm³/mol. The number of rotatable bonds is 2. The highest BCUT2D eigenvalue weighted by atomic mass is 15.0. The molecule has 1 rings (SSSR count). The smallest absolute Gasteiger partial charge is 0.155 e. The summed E-state index contributed by atoms with van der Waals surface area (Å²) in [7, 11) is 0. The van der Waals surface area contributed by atoms with Gasteiger partial charge >= 0.3 is 0 Å². The lowest BCUT2D eigenvalue weighted by Gasteiger charge is -2.24. The molecule has 0 spiro atoms. The lowest BCUT2D eigenvalue weighted by molar-refractivity contribution is 0.360. The molecule has 2 N–H and O–H groups in total. The molecule has 0 bridgehead atoms. The van der Waals surface area contributed by atoms with Crippen LogP contribution in [-0.4, -0.2) is 6.04 Å². The van der Waals surface area contributed by atoms with Crippen molar-refractivity contribution in [2.75, 3.05) is 0 Å². The molecule has 0 unspecified atom stereocenters. The van der Waals surface area contributed by atoms with E-state index < -0.39 is 0 Å². The van der Waals surface area contributed by atoms with Gasteiger partial charge in [-0.3, -0.25) is 5.32 Å². The van der Waals surface area contributed by atoms with Gasteiger partial charge in [-0.1, -0.05) is 6.42 Å². The normalized spacial score (nSPS) is 21.9. The Hall–Kier alpha value is -0.0800. The Morgan fingerprint density at radius 1 is 1.57 bits per heavy atom. The lowest BCUT2D eigenvalue weighted by atomic mass is 9.93. The quantitative estimate of drug-likeness (QED) is 0.498.